The zero-order chi connectivity index (χ0) is 11.8. The normalized spacial score (nSPS) is 11.7. The maximum absolute atomic E-state index is 6.03. The van der Waals surface area contributed by atoms with Gasteiger partial charge in [-0.05, 0) is 35.9 Å². The molecular formula is C13H15ClN2. The maximum atomic E-state index is 6.03. The fourth-order valence-electron chi connectivity index (χ4n) is 1.85. The summed E-state index contributed by atoms with van der Waals surface area (Å²) < 4.78 is 0. The molecule has 0 amide bonds. The predicted octanol–water partition coefficient (Wildman–Crippen LogP) is 3.58. The average Bonchev–Trinajstić information content (AvgIpc) is 2.69. The molecule has 84 valence electrons. The smallest absolute Gasteiger partial charge is 0.0429 e. The van der Waals surface area contributed by atoms with Crippen LogP contribution in [0.1, 0.15) is 25.1 Å². The Labute approximate surface area is 100 Å². The van der Waals surface area contributed by atoms with E-state index in [4.69, 9.17) is 17.3 Å². The number of benzene rings is 1. The molecule has 1 heterocycles. The van der Waals surface area contributed by atoms with E-state index in [9.17, 15) is 0 Å². The first-order valence-electron chi connectivity index (χ1n) is 5.20. The summed E-state index contributed by atoms with van der Waals surface area (Å²) in [6.07, 6.45) is 1.92. The van der Waals surface area contributed by atoms with E-state index in [0.717, 1.165) is 11.3 Å². The Morgan fingerprint density at radius 1 is 1.25 bits per heavy atom. The molecule has 3 heteroatoms. The van der Waals surface area contributed by atoms with Gasteiger partial charge in [0, 0.05) is 28.0 Å². The molecule has 0 atom stereocenters. The van der Waals surface area contributed by atoms with Gasteiger partial charge in [-0.25, -0.2) is 0 Å². The van der Waals surface area contributed by atoms with Gasteiger partial charge in [0.05, 0.1) is 0 Å². The van der Waals surface area contributed by atoms with Crippen LogP contribution in [0.25, 0.3) is 0 Å². The summed E-state index contributed by atoms with van der Waals surface area (Å²) in [4.78, 5) is 3.23. The fraction of sp³-hybridized carbons (Fsp3) is 0.231. The monoisotopic (exact) mass is 234 g/mol. The van der Waals surface area contributed by atoms with Crippen LogP contribution in [0.3, 0.4) is 0 Å². The van der Waals surface area contributed by atoms with Crippen molar-refractivity contribution in [3.05, 3.63) is 52.8 Å². The number of anilines is 1. The Kier molecular flexibility index (Phi) is 2.68. The Morgan fingerprint density at radius 3 is 2.56 bits per heavy atom. The second-order valence-electron chi connectivity index (χ2n) is 4.48. The number of hydrogen-bond donors (Lipinski definition) is 2. The third-order valence-corrected chi connectivity index (χ3v) is 3.13. The molecule has 0 aliphatic heterocycles. The molecule has 2 aromatic rings. The van der Waals surface area contributed by atoms with Gasteiger partial charge in [-0.15, -0.1) is 0 Å². The minimum atomic E-state index is -0.122. The number of nitrogens with two attached hydrogens (primary N) is 1. The number of halogens is 1. The van der Waals surface area contributed by atoms with Crippen LogP contribution in [-0.4, -0.2) is 4.98 Å². The van der Waals surface area contributed by atoms with E-state index in [1.165, 1.54) is 0 Å². The lowest BCUT2D eigenvalue weighted by molar-refractivity contribution is 0.622. The molecule has 0 fully saturated rings. The number of aromatic nitrogens is 1. The molecule has 16 heavy (non-hydrogen) atoms. The van der Waals surface area contributed by atoms with Crippen molar-refractivity contribution in [3.8, 4) is 0 Å². The molecule has 0 aliphatic carbocycles. The highest BCUT2D eigenvalue weighted by atomic mass is 35.5. The van der Waals surface area contributed by atoms with Crippen molar-refractivity contribution in [2.24, 2.45) is 0 Å². The van der Waals surface area contributed by atoms with Crippen LogP contribution in [-0.2, 0) is 5.41 Å². The lowest BCUT2D eigenvalue weighted by Crippen LogP contribution is -2.19. The van der Waals surface area contributed by atoms with Crippen molar-refractivity contribution < 1.29 is 0 Å². The molecule has 1 aromatic carbocycles. The van der Waals surface area contributed by atoms with Crippen molar-refractivity contribution in [3.63, 3.8) is 0 Å². The van der Waals surface area contributed by atoms with Gasteiger partial charge in [-0.1, -0.05) is 25.4 Å². The summed E-state index contributed by atoms with van der Waals surface area (Å²) in [6.45, 7) is 4.29. The summed E-state index contributed by atoms with van der Waals surface area (Å²) in [6, 6.07) is 9.74. The van der Waals surface area contributed by atoms with Gasteiger partial charge in [0.1, 0.15) is 0 Å². The third-order valence-electron chi connectivity index (χ3n) is 2.91. The van der Waals surface area contributed by atoms with Crippen LogP contribution in [0, 0.1) is 0 Å². The highest BCUT2D eigenvalue weighted by Gasteiger charge is 2.24. The van der Waals surface area contributed by atoms with Crippen LogP contribution in [0.2, 0.25) is 5.02 Å². The predicted molar refractivity (Wildman–Crippen MR) is 68.8 cm³/mol. The molecule has 0 spiro atoms. The van der Waals surface area contributed by atoms with E-state index in [-0.39, 0.29) is 5.41 Å². The van der Waals surface area contributed by atoms with E-state index in [2.05, 4.69) is 24.9 Å². The van der Waals surface area contributed by atoms with Crippen LogP contribution in [0.15, 0.2) is 36.5 Å². The molecule has 3 N–H and O–H groups in total. The number of rotatable bonds is 2. The summed E-state index contributed by atoms with van der Waals surface area (Å²) in [5.74, 6) is 0. The average molecular weight is 235 g/mol. The highest BCUT2D eigenvalue weighted by molar-refractivity contribution is 6.30. The van der Waals surface area contributed by atoms with Gasteiger partial charge in [0.2, 0.25) is 0 Å². The van der Waals surface area contributed by atoms with E-state index in [1.54, 1.807) is 6.07 Å². The number of aromatic amines is 1. The summed E-state index contributed by atoms with van der Waals surface area (Å²) in [5, 5.41) is 0.676. The first-order valence-corrected chi connectivity index (χ1v) is 5.58. The van der Waals surface area contributed by atoms with E-state index >= 15 is 0 Å². The zero-order valence-corrected chi connectivity index (χ0v) is 10.2. The lowest BCUT2D eigenvalue weighted by atomic mass is 9.81. The number of hydrogen-bond acceptors (Lipinski definition) is 1. The molecule has 2 nitrogen and oxygen atoms in total. The quantitative estimate of drug-likeness (QED) is 0.767. The standard InChI is InChI=1S/C13H15ClN2/c1-13(2,12-4-3-5-16-12)9-6-10(14)8-11(15)7-9/h3-8,16H,15H2,1-2H3. The van der Waals surface area contributed by atoms with Gasteiger partial charge in [0.25, 0.3) is 0 Å². The Bertz CT molecular complexity index is 466. The molecule has 0 aliphatic rings. The first kappa shape index (κ1) is 11.1. The first-order chi connectivity index (χ1) is 7.50. The van der Waals surface area contributed by atoms with E-state index in [1.807, 2.05) is 24.4 Å². The molecule has 1 aromatic heterocycles. The van der Waals surface area contributed by atoms with E-state index in [0.29, 0.717) is 10.7 Å². The highest BCUT2D eigenvalue weighted by Crippen LogP contribution is 2.33. The zero-order valence-electron chi connectivity index (χ0n) is 9.42. The Hall–Kier alpha value is -1.41. The Balaban J connectivity index is 2.51. The largest absolute Gasteiger partial charge is 0.399 e. The molecular weight excluding hydrogens is 220 g/mol. The van der Waals surface area contributed by atoms with E-state index < -0.39 is 0 Å². The third kappa shape index (κ3) is 1.93. The number of H-pyrrole nitrogens is 1. The van der Waals surface area contributed by atoms with Crippen LogP contribution >= 0.6 is 11.6 Å². The summed E-state index contributed by atoms with van der Waals surface area (Å²) in [7, 11) is 0. The molecule has 0 saturated carbocycles. The number of nitrogens with one attached hydrogen (secondary N) is 1. The second-order valence-corrected chi connectivity index (χ2v) is 4.92. The van der Waals surface area contributed by atoms with Crippen LogP contribution in [0.5, 0.6) is 0 Å². The van der Waals surface area contributed by atoms with Gasteiger partial charge >= 0.3 is 0 Å². The van der Waals surface area contributed by atoms with Crippen molar-refractivity contribution in [1.29, 1.82) is 0 Å². The Morgan fingerprint density at radius 2 is 2.00 bits per heavy atom. The topological polar surface area (TPSA) is 41.8 Å². The summed E-state index contributed by atoms with van der Waals surface area (Å²) in [5.41, 5.74) is 8.65. The second kappa shape index (κ2) is 3.87. The van der Waals surface area contributed by atoms with Gasteiger partial charge < -0.3 is 10.7 Å². The molecule has 0 saturated heterocycles. The molecule has 2 rings (SSSR count). The molecule has 0 radical (unpaired) electrons. The van der Waals surface area contributed by atoms with Gasteiger partial charge in [-0.2, -0.15) is 0 Å². The minimum Gasteiger partial charge on any atom is -0.399 e. The van der Waals surface area contributed by atoms with Crippen LogP contribution in [0.4, 0.5) is 5.69 Å². The van der Waals surface area contributed by atoms with Gasteiger partial charge in [-0.3, -0.25) is 0 Å². The summed E-state index contributed by atoms with van der Waals surface area (Å²) >= 11 is 6.03. The minimum absolute atomic E-state index is 0.122. The van der Waals surface area contributed by atoms with Crippen molar-refractivity contribution >= 4 is 17.3 Å². The van der Waals surface area contributed by atoms with Crippen molar-refractivity contribution in [2.75, 3.05) is 5.73 Å². The fourth-order valence-corrected chi connectivity index (χ4v) is 2.09. The molecule has 0 bridgehead atoms. The van der Waals surface area contributed by atoms with Crippen LogP contribution < -0.4 is 5.73 Å². The van der Waals surface area contributed by atoms with Gasteiger partial charge in [0.15, 0.2) is 0 Å². The SMILES string of the molecule is CC(C)(c1cc(N)cc(Cl)c1)c1ccc[nH]1. The molecule has 0 unspecified atom stereocenters. The number of nitrogen functional groups attached to an aromatic ring is 1. The maximum Gasteiger partial charge on any atom is 0.0429 e. The van der Waals surface area contributed by atoms with Crippen molar-refractivity contribution in [2.45, 2.75) is 19.3 Å². The van der Waals surface area contributed by atoms with Crippen molar-refractivity contribution in [1.82, 2.24) is 4.98 Å². The lowest BCUT2D eigenvalue weighted by Gasteiger charge is -2.24.